The molecule has 0 saturated carbocycles. The lowest BCUT2D eigenvalue weighted by molar-refractivity contribution is -0.111. The summed E-state index contributed by atoms with van der Waals surface area (Å²) < 4.78 is 5.37. The first kappa shape index (κ1) is 27.1. The number of benzene rings is 1. The molecule has 3 aromatic rings. The molecule has 0 unspecified atom stereocenters. The monoisotopic (exact) mass is 502 g/mol. The summed E-state index contributed by atoms with van der Waals surface area (Å²) in [4.78, 5) is 29.9. The van der Waals surface area contributed by atoms with E-state index in [0.717, 1.165) is 11.3 Å². The highest BCUT2D eigenvalue weighted by Gasteiger charge is 2.05. The van der Waals surface area contributed by atoms with E-state index in [4.69, 9.17) is 10.3 Å². The Labute approximate surface area is 215 Å². The fourth-order valence-corrected chi connectivity index (χ4v) is 3.14. The molecule has 0 fully saturated rings. The normalized spacial score (nSPS) is 10.8. The molecule has 12 heteroatoms. The molecule has 0 aliphatic rings. The molecule has 0 radical (unpaired) electrons. The van der Waals surface area contributed by atoms with Crippen LogP contribution in [-0.2, 0) is 9.53 Å². The van der Waals surface area contributed by atoms with E-state index in [1.807, 2.05) is 43.1 Å². The van der Waals surface area contributed by atoms with Gasteiger partial charge in [-0.3, -0.25) is 4.79 Å². The van der Waals surface area contributed by atoms with Gasteiger partial charge in [-0.1, -0.05) is 29.4 Å². The lowest BCUT2D eigenvalue weighted by atomic mass is 10.2. The Morgan fingerprint density at radius 1 is 1.08 bits per heavy atom. The Balaban J connectivity index is 1.46. The summed E-state index contributed by atoms with van der Waals surface area (Å²) in [5.41, 5.74) is 10.3. The zero-order chi connectivity index (χ0) is 26.3. The number of rotatable bonds is 14. The topological polar surface area (TPSA) is 153 Å². The van der Waals surface area contributed by atoms with Gasteiger partial charge in [0.25, 0.3) is 0 Å². The minimum atomic E-state index is -0.282. The second-order valence-electron chi connectivity index (χ2n) is 8.04. The van der Waals surface area contributed by atoms with Gasteiger partial charge in [0.1, 0.15) is 29.6 Å². The minimum Gasteiger partial charge on any atom is -0.380 e. The van der Waals surface area contributed by atoms with Gasteiger partial charge in [-0.25, -0.2) is 15.0 Å². The number of anilines is 5. The van der Waals surface area contributed by atoms with Gasteiger partial charge < -0.3 is 25.6 Å². The number of aryl methyl sites for hydroxylation is 1. The van der Waals surface area contributed by atoms with Gasteiger partial charge in [-0.2, -0.15) is 0 Å². The summed E-state index contributed by atoms with van der Waals surface area (Å²) in [5.74, 6) is 1.86. The standard InChI is InChI=1S/C25H30N10O2/c1-19-6-3-7-20(16-19)30-23-17-24(28-18-27-23)32-21-8-4-9-22(31-21)33-25(36)10-5-12-35(2)13-15-37-14-11-29-34-26/h3-10,16-18H,11-15H2,1-2H3,(H3,27,28,30,31,32,33,36)/b10-5+. The number of carbonyl (C=O) groups excluding carboxylic acids is 1. The Morgan fingerprint density at radius 2 is 1.86 bits per heavy atom. The maximum atomic E-state index is 12.3. The van der Waals surface area contributed by atoms with Gasteiger partial charge in [-0.15, -0.1) is 0 Å². The molecule has 0 atom stereocenters. The number of carbonyl (C=O) groups is 1. The maximum absolute atomic E-state index is 12.3. The highest BCUT2D eigenvalue weighted by Crippen LogP contribution is 2.20. The van der Waals surface area contributed by atoms with Crippen molar-refractivity contribution in [3.05, 3.63) is 83.0 Å². The van der Waals surface area contributed by atoms with Crippen LogP contribution in [0.3, 0.4) is 0 Å². The molecule has 1 aromatic carbocycles. The van der Waals surface area contributed by atoms with Crippen molar-refractivity contribution in [1.82, 2.24) is 19.9 Å². The molecule has 12 nitrogen and oxygen atoms in total. The lowest BCUT2D eigenvalue weighted by Gasteiger charge is -2.13. The fourth-order valence-electron chi connectivity index (χ4n) is 3.14. The third kappa shape index (κ3) is 10.3. The zero-order valence-corrected chi connectivity index (χ0v) is 20.8. The van der Waals surface area contributed by atoms with Gasteiger partial charge in [0.2, 0.25) is 5.91 Å². The molecule has 3 rings (SSSR count). The number of likely N-dealkylation sites (N-methyl/N-ethyl adjacent to an activating group) is 1. The average Bonchev–Trinajstić information content (AvgIpc) is 2.86. The van der Waals surface area contributed by atoms with Crippen LogP contribution < -0.4 is 16.0 Å². The van der Waals surface area contributed by atoms with Gasteiger partial charge in [0.05, 0.1) is 13.2 Å². The van der Waals surface area contributed by atoms with Crippen LogP contribution in [0.4, 0.5) is 29.0 Å². The predicted molar refractivity (Wildman–Crippen MR) is 144 cm³/mol. The van der Waals surface area contributed by atoms with Crippen molar-refractivity contribution in [3.63, 3.8) is 0 Å². The number of nitrogens with zero attached hydrogens (tertiary/aromatic N) is 7. The lowest BCUT2D eigenvalue weighted by Crippen LogP contribution is -2.24. The van der Waals surface area contributed by atoms with E-state index in [1.165, 1.54) is 12.4 Å². The molecule has 0 spiro atoms. The third-order valence-corrected chi connectivity index (χ3v) is 4.92. The van der Waals surface area contributed by atoms with Gasteiger partial charge >= 0.3 is 0 Å². The van der Waals surface area contributed by atoms with E-state index in [1.54, 1.807) is 30.3 Å². The number of hydrogen-bond acceptors (Lipinski definition) is 9. The number of amides is 1. The number of aromatic nitrogens is 3. The molecule has 2 heterocycles. The SMILES string of the molecule is Cc1cccc(Nc2cc(Nc3cccc(NC(=O)/C=C/CN(C)CCOCCN=[N+]=[N-])n3)ncn2)c1. The summed E-state index contributed by atoms with van der Waals surface area (Å²) in [6.07, 6.45) is 4.69. The summed E-state index contributed by atoms with van der Waals surface area (Å²) in [7, 11) is 1.92. The van der Waals surface area contributed by atoms with E-state index in [-0.39, 0.29) is 5.91 Å². The first-order chi connectivity index (χ1) is 18.0. The van der Waals surface area contributed by atoms with Crippen molar-refractivity contribution in [2.75, 3.05) is 55.8 Å². The quantitative estimate of drug-likeness (QED) is 0.0962. The molecule has 0 aliphatic heterocycles. The predicted octanol–water partition coefficient (Wildman–Crippen LogP) is 4.42. The Morgan fingerprint density at radius 3 is 2.68 bits per heavy atom. The van der Waals surface area contributed by atoms with Crippen LogP contribution in [-0.4, -0.2) is 65.7 Å². The van der Waals surface area contributed by atoms with E-state index < -0.39 is 0 Å². The Kier molecular flexibility index (Phi) is 10.8. The Hall–Kier alpha value is -4.51. The van der Waals surface area contributed by atoms with Crippen LogP contribution in [0.5, 0.6) is 0 Å². The zero-order valence-electron chi connectivity index (χ0n) is 20.8. The minimum absolute atomic E-state index is 0.282. The van der Waals surface area contributed by atoms with Gasteiger partial charge in [0.15, 0.2) is 0 Å². The molecular weight excluding hydrogens is 472 g/mol. The van der Waals surface area contributed by atoms with E-state index in [9.17, 15) is 4.79 Å². The molecule has 0 saturated heterocycles. The molecule has 1 amide bonds. The third-order valence-electron chi connectivity index (χ3n) is 4.92. The van der Waals surface area contributed by atoms with E-state index in [0.29, 0.717) is 56.1 Å². The highest BCUT2D eigenvalue weighted by atomic mass is 16.5. The van der Waals surface area contributed by atoms with Crippen LogP contribution in [0, 0.1) is 6.92 Å². The highest BCUT2D eigenvalue weighted by molar-refractivity contribution is 5.98. The van der Waals surface area contributed by atoms with Gasteiger partial charge in [0, 0.05) is 42.4 Å². The van der Waals surface area contributed by atoms with Crippen molar-refractivity contribution in [1.29, 1.82) is 0 Å². The van der Waals surface area contributed by atoms with Crippen LogP contribution >= 0.6 is 0 Å². The summed E-state index contributed by atoms with van der Waals surface area (Å²) in [6.45, 7) is 4.50. The van der Waals surface area contributed by atoms with Crippen molar-refractivity contribution in [3.8, 4) is 0 Å². The number of ether oxygens (including phenoxy) is 1. The summed E-state index contributed by atoms with van der Waals surface area (Å²) in [6, 6.07) is 15.1. The first-order valence-corrected chi connectivity index (χ1v) is 11.7. The Bertz CT molecular complexity index is 1240. The van der Waals surface area contributed by atoms with Crippen molar-refractivity contribution in [2.45, 2.75) is 6.92 Å². The van der Waals surface area contributed by atoms with Crippen molar-refractivity contribution >= 4 is 34.9 Å². The number of nitrogens with one attached hydrogen (secondary N) is 3. The molecule has 37 heavy (non-hydrogen) atoms. The fraction of sp³-hybridized carbons (Fsp3) is 0.280. The molecular formula is C25H30N10O2. The van der Waals surface area contributed by atoms with Crippen LogP contribution in [0.15, 0.2) is 72.1 Å². The molecule has 2 aromatic heterocycles. The average molecular weight is 503 g/mol. The van der Waals surface area contributed by atoms with Crippen molar-refractivity contribution < 1.29 is 9.53 Å². The molecule has 0 aliphatic carbocycles. The largest absolute Gasteiger partial charge is 0.380 e. The van der Waals surface area contributed by atoms with Crippen LogP contribution in [0.1, 0.15) is 5.56 Å². The van der Waals surface area contributed by atoms with E-state index >= 15 is 0 Å². The number of azide groups is 1. The molecule has 192 valence electrons. The first-order valence-electron chi connectivity index (χ1n) is 11.7. The second kappa shape index (κ2) is 14.8. The van der Waals surface area contributed by atoms with Crippen LogP contribution in [0.25, 0.3) is 10.4 Å². The molecule has 0 bridgehead atoms. The smallest absolute Gasteiger partial charge is 0.249 e. The van der Waals surface area contributed by atoms with E-state index in [2.05, 4.69) is 40.9 Å². The molecule has 3 N–H and O–H groups in total. The second-order valence-corrected chi connectivity index (χ2v) is 8.04. The van der Waals surface area contributed by atoms with Crippen LogP contribution in [0.2, 0.25) is 0 Å². The summed E-state index contributed by atoms with van der Waals surface area (Å²) >= 11 is 0. The van der Waals surface area contributed by atoms with Gasteiger partial charge in [-0.05, 0) is 49.3 Å². The summed E-state index contributed by atoms with van der Waals surface area (Å²) in [5, 5.41) is 12.6. The number of hydrogen-bond donors (Lipinski definition) is 3. The number of pyridine rings is 1. The van der Waals surface area contributed by atoms with Crippen molar-refractivity contribution in [2.24, 2.45) is 5.11 Å². The maximum Gasteiger partial charge on any atom is 0.249 e.